The molecule has 0 radical (unpaired) electrons. The average molecular weight is 272 g/mol. The Labute approximate surface area is 118 Å². The van der Waals surface area contributed by atoms with Crippen molar-refractivity contribution in [3.05, 3.63) is 24.5 Å². The van der Waals surface area contributed by atoms with Crippen LogP contribution in [0.25, 0.3) is 11.0 Å². The van der Waals surface area contributed by atoms with Crippen molar-refractivity contribution < 1.29 is 4.79 Å². The maximum Gasteiger partial charge on any atom is 0.227 e. The van der Waals surface area contributed by atoms with Gasteiger partial charge in [0, 0.05) is 23.7 Å². The van der Waals surface area contributed by atoms with E-state index in [0.717, 1.165) is 48.9 Å². The van der Waals surface area contributed by atoms with Crippen LogP contribution in [0.15, 0.2) is 24.5 Å². The number of anilines is 1. The van der Waals surface area contributed by atoms with Gasteiger partial charge in [-0.15, -0.1) is 0 Å². The molecule has 2 heterocycles. The highest BCUT2D eigenvalue weighted by Gasteiger charge is 2.25. The number of pyridine rings is 1. The second-order valence-electron chi connectivity index (χ2n) is 5.54. The van der Waals surface area contributed by atoms with Gasteiger partial charge in [0.25, 0.3) is 0 Å². The third kappa shape index (κ3) is 2.54. The predicted molar refractivity (Wildman–Crippen MR) is 79.2 cm³/mol. The number of rotatable bonds is 3. The lowest BCUT2D eigenvalue weighted by Crippen LogP contribution is -2.29. The van der Waals surface area contributed by atoms with Crippen LogP contribution in [-0.4, -0.2) is 22.4 Å². The number of carbonyl (C=O) groups excluding carboxylic acids is 1. The summed E-state index contributed by atoms with van der Waals surface area (Å²) in [7, 11) is 0. The Bertz CT molecular complexity index is 599. The van der Waals surface area contributed by atoms with Gasteiger partial charge in [0.15, 0.2) is 0 Å². The minimum absolute atomic E-state index is 0.111. The van der Waals surface area contributed by atoms with Crippen molar-refractivity contribution in [1.29, 1.82) is 0 Å². The number of amides is 1. The Balaban J connectivity index is 1.69. The number of aromatic nitrogens is 2. The van der Waals surface area contributed by atoms with E-state index in [1.54, 1.807) is 6.20 Å². The summed E-state index contributed by atoms with van der Waals surface area (Å²) in [5.41, 5.74) is 7.32. The van der Waals surface area contributed by atoms with E-state index in [4.69, 9.17) is 5.73 Å². The summed E-state index contributed by atoms with van der Waals surface area (Å²) in [4.78, 5) is 19.6. The van der Waals surface area contributed by atoms with Crippen molar-refractivity contribution >= 4 is 22.6 Å². The molecule has 0 unspecified atom stereocenters. The number of nitrogens with two attached hydrogens (primary N) is 1. The van der Waals surface area contributed by atoms with Gasteiger partial charge in [-0.1, -0.05) is 0 Å². The SMILES string of the molecule is NCC1CCC(C(=O)Nc2ccnc3[nH]ccc23)CC1. The van der Waals surface area contributed by atoms with Gasteiger partial charge in [-0.3, -0.25) is 4.79 Å². The van der Waals surface area contributed by atoms with Gasteiger partial charge >= 0.3 is 0 Å². The maximum atomic E-state index is 12.4. The zero-order chi connectivity index (χ0) is 13.9. The van der Waals surface area contributed by atoms with Crippen LogP contribution in [0.3, 0.4) is 0 Å². The van der Waals surface area contributed by atoms with Crippen LogP contribution in [0.1, 0.15) is 25.7 Å². The largest absolute Gasteiger partial charge is 0.346 e. The van der Waals surface area contributed by atoms with Crippen LogP contribution in [0, 0.1) is 11.8 Å². The number of hydrogen-bond donors (Lipinski definition) is 3. The Kier molecular flexibility index (Phi) is 3.69. The van der Waals surface area contributed by atoms with Crippen molar-refractivity contribution in [2.75, 3.05) is 11.9 Å². The van der Waals surface area contributed by atoms with Crippen molar-refractivity contribution in [1.82, 2.24) is 9.97 Å². The van der Waals surface area contributed by atoms with Gasteiger partial charge in [-0.25, -0.2) is 4.98 Å². The molecule has 0 atom stereocenters. The van der Waals surface area contributed by atoms with Gasteiger partial charge in [-0.05, 0) is 50.3 Å². The number of hydrogen-bond acceptors (Lipinski definition) is 3. The zero-order valence-electron chi connectivity index (χ0n) is 11.4. The van der Waals surface area contributed by atoms with E-state index < -0.39 is 0 Å². The number of carbonyl (C=O) groups is 1. The molecule has 1 aliphatic rings. The van der Waals surface area contributed by atoms with Crippen molar-refractivity contribution in [3.63, 3.8) is 0 Å². The lowest BCUT2D eigenvalue weighted by molar-refractivity contribution is -0.121. The van der Waals surface area contributed by atoms with E-state index in [1.165, 1.54) is 0 Å². The van der Waals surface area contributed by atoms with Crippen LogP contribution in [0.2, 0.25) is 0 Å². The van der Waals surface area contributed by atoms with Gasteiger partial charge in [0.05, 0.1) is 5.69 Å². The smallest absolute Gasteiger partial charge is 0.227 e. The van der Waals surface area contributed by atoms with E-state index in [0.29, 0.717) is 5.92 Å². The number of nitrogens with zero attached hydrogens (tertiary/aromatic N) is 1. The van der Waals surface area contributed by atoms with Gasteiger partial charge < -0.3 is 16.0 Å². The molecule has 1 amide bonds. The molecule has 0 aliphatic heterocycles. The van der Waals surface area contributed by atoms with Crippen molar-refractivity contribution in [2.24, 2.45) is 17.6 Å². The third-order valence-electron chi connectivity index (χ3n) is 4.27. The molecule has 3 rings (SSSR count). The summed E-state index contributed by atoms with van der Waals surface area (Å²) in [5.74, 6) is 0.825. The van der Waals surface area contributed by atoms with Crippen molar-refractivity contribution in [2.45, 2.75) is 25.7 Å². The monoisotopic (exact) mass is 272 g/mol. The topological polar surface area (TPSA) is 83.8 Å². The molecule has 0 saturated heterocycles. The molecule has 0 bridgehead atoms. The minimum Gasteiger partial charge on any atom is -0.346 e. The molecule has 4 N–H and O–H groups in total. The summed E-state index contributed by atoms with van der Waals surface area (Å²) < 4.78 is 0. The Morgan fingerprint density at radius 3 is 2.90 bits per heavy atom. The maximum absolute atomic E-state index is 12.4. The molecule has 1 fully saturated rings. The second kappa shape index (κ2) is 5.63. The van der Waals surface area contributed by atoms with Gasteiger partial charge in [-0.2, -0.15) is 0 Å². The van der Waals surface area contributed by atoms with E-state index in [2.05, 4.69) is 15.3 Å². The summed E-state index contributed by atoms with van der Waals surface area (Å²) >= 11 is 0. The fourth-order valence-corrected chi connectivity index (χ4v) is 2.97. The zero-order valence-corrected chi connectivity index (χ0v) is 11.4. The first-order chi connectivity index (χ1) is 9.78. The molecule has 5 heteroatoms. The van der Waals surface area contributed by atoms with E-state index in [-0.39, 0.29) is 11.8 Å². The van der Waals surface area contributed by atoms with E-state index in [9.17, 15) is 4.79 Å². The van der Waals surface area contributed by atoms with Crippen LogP contribution in [0.5, 0.6) is 0 Å². The quantitative estimate of drug-likeness (QED) is 0.801. The van der Waals surface area contributed by atoms with Crippen LogP contribution in [-0.2, 0) is 4.79 Å². The molecule has 20 heavy (non-hydrogen) atoms. The number of nitrogens with one attached hydrogen (secondary N) is 2. The molecule has 0 aromatic carbocycles. The fourth-order valence-electron chi connectivity index (χ4n) is 2.97. The molecule has 0 spiro atoms. The molecular formula is C15H20N4O. The fraction of sp³-hybridized carbons (Fsp3) is 0.467. The molecule has 2 aromatic heterocycles. The molecule has 2 aromatic rings. The summed E-state index contributed by atoms with van der Waals surface area (Å²) in [6, 6.07) is 3.78. The first kappa shape index (κ1) is 13.1. The van der Waals surface area contributed by atoms with Gasteiger partial charge in [0.1, 0.15) is 5.65 Å². The summed E-state index contributed by atoms with van der Waals surface area (Å²) in [6.45, 7) is 0.739. The molecule has 106 valence electrons. The van der Waals surface area contributed by atoms with Crippen LogP contribution < -0.4 is 11.1 Å². The third-order valence-corrected chi connectivity index (χ3v) is 4.27. The highest BCUT2D eigenvalue weighted by Crippen LogP contribution is 2.29. The number of H-pyrrole nitrogens is 1. The normalized spacial score (nSPS) is 22.9. The van der Waals surface area contributed by atoms with Crippen LogP contribution in [0.4, 0.5) is 5.69 Å². The highest BCUT2D eigenvalue weighted by molar-refractivity contribution is 6.00. The number of fused-ring (bicyclic) bond motifs is 1. The van der Waals surface area contributed by atoms with Crippen LogP contribution >= 0.6 is 0 Å². The van der Waals surface area contributed by atoms with E-state index >= 15 is 0 Å². The Morgan fingerprint density at radius 1 is 1.35 bits per heavy atom. The highest BCUT2D eigenvalue weighted by atomic mass is 16.1. The average Bonchev–Trinajstić information content (AvgIpc) is 2.97. The molecular weight excluding hydrogens is 252 g/mol. The second-order valence-corrected chi connectivity index (χ2v) is 5.54. The Morgan fingerprint density at radius 2 is 2.15 bits per heavy atom. The summed E-state index contributed by atoms with van der Waals surface area (Å²) in [5, 5.41) is 4.00. The molecule has 1 aliphatic carbocycles. The first-order valence-electron chi connectivity index (χ1n) is 7.21. The standard InChI is InChI=1S/C15H20N4O/c16-9-10-1-3-11(4-2-10)15(20)19-13-6-8-18-14-12(13)5-7-17-14/h5-8,10-11H,1-4,9,16H2,(H2,17,18,19,20). The van der Waals surface area contributed by atoms with E-state index in [1.807, 2.05) is 18.3 Å². The first-order valence-corrected chi connectivity index (χ1v) is 7.21. The predicted octanol–water partition coefficient (Wildman–Crippen LogP) is 2.27. The lowest BCUT2D eigenvalue weighted by atomic mass is 9.81. The lowest BCUT2D eigenvalue weighted by Gasteiger charge is -2.26. The molecule has 1 saturated carbocycles. The molecule has 5 nitrogen and oxygen atoms in total. The van der Waals surface area contributed by atoms with Gasteiger partial charge in [0.2, 0.25) is 5.91 Å². The Hall–Kier alpha value is -1.88. The minimum atomic E-state index is 0.111. The van der Waals surface area contributed by atoms with Crippen molar-refractivity contribution in [3.8, 4) is 0 Å². The number of aromatic amines is 1. The summed E-state index contributed by atoms with van der Waals surface area (Å²) in [6.07, 6.45) is 7.54.